The van der Waals surface area contributed by atoms with Gasteiger partial charge < -0.3 is 20.1 Å². The third kappa shape index (κ3) is 6.59. The molecule has 1 radical (unpaired) electrons. The number of hydrogen-bond donors (Lipinski definition) is 2. The summed E-state index contributed by atoms with van der Waals surface area (Å²) in [6.45, 7) is 7.14. The Kier molecular flexibility index (Phi) is 10.1. The minimum atomic E-state index is -0.137. The zero-order valence-electron chi connectivity index (χ0n) is 16.3. The molecule has 6 nitrogen and oxygen atoms in total. The summed E-state index contributed by atoms with van der Waals surface area (Å²) in [7, 11) is 0. The van der Waals surface area contributed by atoms with Crippen LogP contribution >= 0.6 is 0 Å². The summed E-state index contributed by atoms with van der Waals surface area (Å²) in [6, 6.07) is 0.0431. The molecule has 2 N–H and O–H groups in total. The molecule has 0 saturated heterocycles. The van der Waals surface area contributed by atoms with Crippen molar-refractivity contribution in [2.45, 2.75) is 26.8 Å². The van der Waals surface area contributed by atoms with Crippen LogP contribution in [-0.2, 0) is 36.1 Å². The van der Waals surface area contributed by atoms with Crippen LogP contribution in [0, 0.1) is 0 Å². The van der Waals surface area contributed by atoms with Crippen molar-refractivity contribution in [2.24, 2.45) is 0 Å². The number of allylic oxidation sites excluding steroid dienone is 8. The molecule has 0 aromatic rings. The Morgan fingerprint density at radius 2 is 1.43 bits per heavy atom. The molecule has 2 rings (SSSR count). The van der Waals surface area contributed by atoms with Gasteiger partial charge in [-0.1, -0.05) is 12.2 Å². The normalized spacial score (nSPS) is 19.7. The van der Waals surface area contributed by atoms with Gasteiger partial charge in [0.2, 0.25) is 11.6 Å². The molecule has 0 heterocycles. The van der Waals surface area contributed by atoms with Gasteiger partial charge in [-0.05, 0) is 45.1 Å². The average molecular weight is 437 g/mol. The van der Waals surface area contributed by atoms with Crippen LogP contribution in [0.3, 0.4) is 0 Å². The molecule has 0 aliphatic heterocycles. The first-order chi connectivity index (χ1) is 13.1. The molecule has 28 heavy (non-hydrogen) atoms. The largest absolute Gasteiger partial charge is 0.490 e. The van der Waals surface area contributed by atoms with Crippen LogP contribution in [-0.4, -0.2) is 37.4 Å². The molecular formula is C21H26CuN2O4. The van der Waals surface area contributed by atoms with Crippen LogP contribution in [0.5, 0.6) is 0 Å². The number of carbonyl (C=O) groups excluding carboxylic acids is 2. The van der Waals surface area contributed by atoms with Crippen molar-refractivity contribution in [3.63, 3.8) is 0 Å². The number of nitrogens with one attached hydrogen (secondary N) is 2. The van der Waals surface area contributed by atoms with Crippen LogP contribution in [0.15, 0.2) is 71.5 Å². The van der Waals surface area contributed by atoms with Crippen LogP contribution < -0.4 is 10.6 Å². The van der Waals surface area contributed by atoms with E-state index in [1.165, 1.54) is 0 Å². The summed E-state index contributed by atoms with van der Waals surface area (Å²) < 4.78 is 10.6. The fraction of sp³-hybridized carbons (Fsp3) is 0.333. The quantitative estimate of drug-likeness (QED) is 0.426. The Morgan fingerprint density at radius 1 is 0.929 bits per heavy atom. The SMILES string of the molecule is CCOC1=CC=C/C(=C/NCC(C)N/C=C2/C=CC=C(OCC)C2=O)C1=O.[67Cu]. The van der Waals surface area contributed by atoms with Gasteiger partial charge in [-0.2, -0.15) is 0 Å². The van der Waals surface area contributed by atoms with Crippen molar-refractivity contribution in [1.29, 1.82) is 0 Å². The van der Waals surface area contributed by atoms with E-state index >= 15 is 0 Å². The Balaban J connectivity index is 0.00000392. The van der Waals surface area contributed by atoms with E-state index < -0.39 is 0 Å². The molecule has 0 spiro atoms. The van der Waals surface area contributed by atoms with Gasteiger partial charge in [-0.3, -0.25) is 9.59 Å². The predicted molar refractivity (Wildman–Crippen MR) is 104 cm³/mol. The van der Waals surface area contributed by atoms with Crippen molar-refractivity contribution < 1.29 is 36.1 Å². The van der Waals surface area contributed by atoms with E-state index in [0.29, 0.717) is 42.4 Å². The molecule has 1 unspecified atom stereocenters. The summed E-state index contributed by atoms with van der Waals surface area (Å²) in [5.41, 5.74) is 1.09. The number of rotatable bonds is 9. The number of carbonyl (C=O) groups is 2. The standard InChI is InChI=1S/C21H26N2O4.Cu/c1-4-26-18-10-6-8-16(20(18)24)13-22-12-15(3)23-14-17-9-7-11-19(21(17)25)27-5-2;/h6-11,13-15,22-23H,4-5,12H2,1-3H3;/b16-13-,17-14-;/i;1+3. The second-order valence-electron chi connectivity index (χ2n) is 5.98. The maximum Gasteiger partial charge on any atom is 0.228 e. The first-order valence-electron chi connectivity index (χ1n) is 9.08. The third-order valence-electron chi connectivity index (χ3n) is 3.82. The molecule has 0 amide bonds. The Labute approximate surface area is 176 Å². The van der Waals surface area contributed by atoms with Crippen molar-refractivity contribution >= 4 is 11.6 Å². The Morgan fingerprint density at radius 3 is 1.93 bits per heavy atom. The van der Waals surface area contributed by atoms with Crippen molar-refractivity contribution in [3.05, 3.63) is 71.5 Å². The zero-order chi connectivity index (χ0) is 19.6. The minimum Gasteiger partial charge on any atom is -0.490 e. The molecule has 0 bridgehead atoms. The van der Waals surface area contributed by atoms with Crippen LogP contribution in [0.1, 0.15) is 20.8 Å². The van der Waals surface area contributed by atoms with Crippen LogP contribution in [0.2, 0.25) is 0 Å². The smallest absolute Gasteiger partial charge is 0.228 e. The van der Waals surface area contributed by atoms with Crippen LogP contribution in [0.4, 0.5) is 0 Å². The molecule has 1 atom stereocenters. The zero-order valence-corrected chi connectivity index (χ0v) is 17.2. The second kappa shape index (κ2) is 12.1. The molecule has 0 fully saturated rings. The van der Waals surface area contributed by atoms with Gasteiger partial charge in [0.15, 0.2) is 11.5 Å². The summed E-state index contributed by atoms with van der Waals surface area (Å²) in [5, 5.41) is 6.30. The number of Topliss-reactive ketones (excluding diaryl/α,β-unsaturated/α-hetero) is 2. The van der Waals surface area contributed by atoms with E-state index in [4.69, 9.17) is 9.47 Å². The minimum absolute atomic E-state index is 0. The number of hydrogen-bond acceptors (Lipinski definition) is 6. The molecule has 0 saturated carbocycles. The molecule has 155 valence electrons. The van der Waals surface area contributed by atoms with Crippen LogP contribution in [0.25, 0.3) is 0 Å². The van der Waals surface area contributed by atoms with Gasteiger partial charge in [-0.15, -0.1) is 0 Å². The summed E-state index contributed by atoms with van der Waals surface area (Å²) in [4.78, 5) is 24.4. The van der Waals surface area contributed by atoms with Crippen molar-refractivity contribution in [3.8, 4) is 0 Å². The van der Waals surface area contributed by atoms with E-state index in [9.17, 15) is 9.59 Å². The first kappa shape index (κ1) is 23.5. The monoisotopic (exact) mass is 437 g/mol. The van der Waals surface area contributed by atoms with E-state index in [1.807, 2.05) is 20.8 Å². The maximum atomic E-state index is 12.2. The topological polar surface area (TPSA) is 76.7 Å². The van der Waals surface area contributed by atoms with Gasteiger partial charge in [0.1, 0.15) is 0 Å². The molecular weight excluding hydrogens is 411 g/mol. The second-order valence-corrected chi connectivity index (χ2v) is 5.98. The number of ether oxygens (including phenoxy) is 2. The maximum absolute atomic E-state index is 12.2. The van der Waals surface area contributed by atoms with Gasteiger partial charge in [-0.25, -0.2) is 0 Å². The summed E-state index contributed by atoms with van der Waals surface area (Å²) in [6.07, 6.45) is 13.8. The Hall–Kier alpha value is -2.50. The molecule has 7 heteroatoms. The molecule has 0 aromatic heterocycles. The Bertz CT molecular complexity index is 760. The van der Waals surface area contributed by atoms with Crippen molar-refractivity contribution in [1.82, 2.24) is 10.6 Å². The fourth-order valence-electron chi connectivity index (χ4n) is 2.47. The molecule has 2 aliphatic carbocycles. The fourth-order valence-corrected chi connectivity index (χ4v) is 2.47. The third-order valence-corrected chi connectivity index (χ3v) is 3.82. The number of ketones is 2. The van der Waals surface area contributed by atoms with Gasteiger partial charge in [0.05, 0.1) is 13.2 Å². The molecule has 2 aliphatic rings. The van der Waals surface area contributed by atoms with E-state index in [1.54, 1.807) is 48.9 Å². The van der Waals surface area contributed by atoms with Gasteiger partial charge >= 0.3 is 0 Å². The summed E-state index contributed by atoms with van der Waals surface area (Å²) >= 11 is 0. The first-order valence-corrected chi connectivity index (χ1v) is 9.08. The van der Waals surface area contributed by atoms with Gasteiger partial charge in [0.25, 0.3) is 0 Å². The van der Waals surface area contributed by atoms with E-state index in [-0.39, 0.29) is 34.7 Å². The van der Waals surface area contributed by atoms with E-state index in [0.717, 1.165) is 0 Å². The van der Waals surface area contributed by atoms with Gasteiger partial charge in [0, 0.05) is 53.2 Å². The van der Waals surface area contributed by atoms with E-state index in [2.05, 4.69) is 10.6 Å². The average Bonchev–Trinajstić information content (AvgIpc) is 2.66. The summed E-state index contributed by atoms with van der Waals surface area (Å²) in [5.74, 6) is 0.430. The van der Waals surface area contributed by atoms with Crippen molar-refractivity contribution in [2.75, 3.05) is 19.8 Å². The predicted octanol–water partition coefficient (Wildman–Crippen LogP) is 2.44. The molecule has 0 aromatic carbocycles.